The summed E-state index contributed by atoms with van der Waals surface area (Å²) in [5, 5.41) is 0. The molecular formula is C6H2GeO3. The van der Waals surface area contributed by atoms with Gasteiger partial charge in [-0.05, 0) is 0 Å². The number of carbonyl (C=O) groups excluding carboxylic acids is 1. The number of hydrogen-bond donors (Lipinski definition) is 0. The Kier molecular flexibility index (Phi) is 0.622. The molecule has 0 unspecified atom stereocenters. The molecule has 0 aromatic carbocycles. The summed E-state index contributed by atoms with van der Waals surface area (Å²) in [5.41, 5.74) is 0.700. The van der Waals surface area contributed by atoms with Crippen LogP contribution in [0.1, 0.15) is 0 Å². The van der Waals surface area contributed by atoms with Gasteiger partial charge in [-0.3, -0.25) is 0 Å². The van der Waals surface area contributed by atoms with E-state index in [4.69, 9.17) is 8.50 Å². The molecule has 0 spiro atoms. The van der Waals surface area contributed by atoms with Crippen LogP contribution in [0.25, 0.3) is 0 Å². The monoisotopic (exact) mass is 196 g/mol. The molecule has 0 N–H and O–H groups in total. The first-order chi connectivity index (χ1) is 4.90. The van der Waals surface area contributed by atoms with Crippen LogP contribution in [0.5, 0.6) is 0 Å². The third-order valence-electron chi connectivity index (χ3n) is 1.64. The topological polar surface area (TPSA) is 42.1 Å². The predicted molar refractivity (Wildman–Crippen MR) is 34.1 cm³/mol. The van der Waals surface area contributed by atoms with Crippen molar-refractivity contribution in [1.29, 1.82) is 0 Å². The van der Waals surface area contributed by atoms with Crippen molar-refractivity contribution in [2.45, 2.75) is 0 Å². The summed E-state index contributed by atoms with van der Waals surface area (Å²) in [7, 11) is 0. The quantitative estimate of drug-likeness (QED) is 0.423. The van der Waals surface area contributed by atoms with Crippen molar-refractivity contribution in [1.82, 2.24) is 0 Å². The molecule has 0 aromatic heterocycles. The van der Waals surface area contributed by atoms with Gasteiger partial charge >= 0.3 is 60.4 Å². The fourth-order valence-electron chi connectivity index (χ4n) is 1.05. The molecule has 3 rings (SSSR count). The molecule has 0 saturated heterocycles. The summed E-state index contributed by atoms with van der Waals surface area (Å²) < 4.78 is 11.3. The van der Waals surface area contributed by atoms with Gasteiger partial charge < -0.3 is 0 Å². The molecule has 0 bridgehead atoms. The van der Waals surface area contributed by atoms with Crippen LogP contribution >= 0.6 is 0 Å². The van der Waals surface area contributed by atoms with Crippen molar-refractivity contribution in [3.05, 3.63) is 22.0 Å². The zero-order chi connectivity index (χ0) is 6.72. The van der Waals surface area contributed by atoms with Crippen molar-refractivity contribution in [2.24, 2.45) is 0 Å². The number of rotatable bonds is 1. The molecule has 10 heavy (non-hydrogen) atoms. The molecule has 3 aliphatic rings. The number of aldehydes is 1. The van der Waals surface area contributed by atoms with Crippen molar-refractivity contribution < 1.29 is 13.3 Å². The first kappa shape index (κ1) is 4.90. The van der Waals surface area contributed by atoms with E-state index in [0.717, 1.165) is 22.3 Å². The number of ether oxygens (including phenoxy) is 1. The summed E-state index contributed by atoms with van der Waals surface area (Å²) in [5.74, 6) is 1.61. The van der Waals surface area contributed by atoms with E-state index in [1.807, 2.05) is 4.91 Å². The van der Waals surface area contributed by atoms with Crippen LogP contribution in [0.15, 0.2) is 22.0 Å². The molecule has 0 radical (unpaired) electrons. The Balaban J connectivity index is 2.21. The van der Waals surface area contributed by atoms with Crippen LogP contribution in [0, 0.1) is 0 Å². The third-order valence-corrected chi connectivity index (χ3v) is 4.98. The Bertz CT molecular complexity index is 348. The summed E-state index contributed by atoms with van der Waals surface area (Å²) in [6.45, 7) is 0. The molecule has 0 atom stereocenters. The predicted octanol–water partition coefficient (Wildman–Crippen LogP) is -0.360. The third kappa shape index (κ3) is 0.430. The maximum absolute atomic E-state index is 10.3. The Hall–Kier alpha value is -0.837. The zero-order valence-electron chi connectivity index (χ0n) is 4.88. The maximum atomic E-state index is 10.3. The van der Waals surface area contributed by atoms with Crippen LogP contribution in [0.4, 0.5) is 0 Å². The molecule has 4 heteroatoms. The second-order valence-corrected chi connectivity index (χ2v) is 5.79. The van der Waals surface area contributed by atoms with Gasteiger partial charge in [-0.25, -0.2) is 0 Å². The van der Waals surface area contributed by atoms with Gasteiger partial charge in [-0.15, -0.1) is 0 Å². The van der Waals surface area contributed by atoms with Crippen LogP contribution in [0.2, 0.25) is 0 Å². The second kappa shape index (κ2) is 1.27. The van der Waals surface area contributed by atoms with Crippen molar-refractivity contribution in [3.63, 3.8) is 0 Å². The number of carbonyl (C=O) groups is 1. The minimum atomic E-state index is -1.42. The van der Waals surface area contributed by atoms with Gasteiger partial charge in [-0.1, -0.05) is 0 Å². The van der Waals surface area contributed by atoms with Gasteiger partial charge in [0.05, 0.1) is 0 Å². The molecular weight excluding hydrogens is 193 g/mol. The normalized spacial score (nSPS) is 23.8. The molecule has 48 valence electrons. The van der Waals surface area contributed by atoms with Gasteiger partial charge in [0.2, 0.25) is 0 Å². The van der Waals surface area contributed by atoms with E-state index >= 15 is 0 Å². The van der Waals surface area contributed by atoms with Crippen molar-refractivity contribution in [3.8, 4) is 0 Å². The van der Waals surface area contributed by atoms with Gasteiger partial charge in [0.15, 0.2) is 0 Å². The summed E-state index contributed by atoms with van der Waals surface area (Å²) in [6.07, 6.45) is 0.834. The molecule has 0 saturated carbocycles. The van der Waals surface area contributed by atoms with Crippen molar-refractivity contribution in [2.75, 3.05) is 0 Å². The molecule has 0 fully saturated rings. The van der Waals surface area contributed by atoms with E-state index in [0.29, 0.717) is 5.57 Å². The Morgan fingerprint density at radius 3 is 3.20 bits per heavy atom. The van der Waals surface area contributed by atoms with Crippen LogP contribution in [-0.4, -0.2) is 25.1 Å². The fraction of sp³-hybridized carbons (Fsp3) is 0. The molecule has 0 aliphatic carbocycles. The van der Waals surface area contributed by atoms with Gasteiger partial charge in [0.25, 0.3) is 0 Å². The van der Waals surface area contributed by atoms with Gasteiger partial charge in [0, 0.05) is 0 Å². The van der Waals surface area contributed by atoms with Gasteiger partial charge in [-0.2, -0.15) is 0 Å². The average molecular weight is 195 g/mol. The van der Waals surface area contributed by atoms with E-state index in [1.165, 1.54) is 0 Å². The van der Waals surface area contributed by atoms with Gasteiger partial charge in [0.1, 0.15) is 0 Å². The number of allylic oxidation sites excluding steroid dienone is 1. The fourth-order valence-corrected chi connectivity index (χ4v) is 4.46. The average Bonchev–Trinajstić information content (AvgIpc) is 2.78. The SMILES string of the molecule is O=CC1=[CH][Ge]2=[C]([O]2)C2=C1O2. The standard InChI is InChI=1S/C6H2GeO3/c8-2-3-1-7-6(10-7)5-4(3)9-5/h1-2H. The molecule has 3 nitrogen and oxygen atoms in total. The molecule has 0 amide bonds. The van der Waals surface area contributed by atoms with Crippen LogP contribution in [0.3, 0.4) is 0 Å². The summed E-state index contributed by atoms with van der Waals surface area (Å²) >= 11 is -1.42. The number of hydrogen-bond acceptors (Lipinski definition) is 3. The Morgan fingerprint density at radius 2 is 2.40 bits per heavy atom. The zero-order valence-corrected chi connectivity index (χ0v) is 6.98. The van der Waals surface area contributed by atoms with Crippen LogP contribution in [-0.2, 0) is 13.3 Å². The van der Waals surface area contributed by atoms with E-state index in [1.54, 1.807) is 0 Å². The summed E-state index contributed by atoms with van der Waals surface area (Å²) in [6, 6.07) is 0. The number of fused-ring (bicyclic) bond motifs is 1. The molecule has 3 aliphatic heterocycles. The van der Waals surface area contributed by atoms with E-state index in [9.17, 15) is 4.79 Å². The molecule has 3 heterocycles. The van der Waals surface area contributed by atoms with E-state index < -0.39 is 14.2 Å². The van der Waals surface area contributed by atoms with E-state index in [2.05, 4.69) is 0 Å². The first-order valence-electron chi connectivity index (χ1n) is 2.92. The molecule has 0 aromatic rings. The van der Waals surface area contributed by atoms with Crippen molar-refractivity contribution >= 4 is 25.1 Å². The second-order valence-electron chi connectivity index (χ2n) is 2.27. The van der Waals surface area contributed by atoms with E-state index in [-0.39, 0.29) is 0 Å². The minimum absolute atomic E-state index is 0.700. The summed E-state index contributed by atoms with van der Waals surface area (Å²) in [4.78, 5) is 12.3. The Morgan fingerprint density at radius 1 is 1.50 bits per heavy atom. The van der Waals surface area contributed by atoms with Crippen LogP contribution < -0.4 is 0 Å². The Labute approximate surface area is 60.9 Å². The first-order valence-corrected chi connectivity index (χ1v) is 6.04.